The first kappa shape index (κ1) is 15.9. The SMILES string of the molecule is O=C(CSc1nnc(-c2cccs2)n1C1CC1)c1ccc2c(c1)OCO2. The molecular formula is C18H15N3O3S2. The summed E-state index contributed by atoms with van der Waals surface area (Å²) in [6.45, 7) is 0.206. The first-order valence-corrected chi connectivity index (χ1v) is 10.2. The largest absolute Gasteiger partial charge is 0.454 e. The number of hydrogen-bond acceptors (Lipinski definition) is 7. The first-order valence-electron chi connectivity index (χ1n) is 8.34. The maximum Gasteiger partial charge on any atom is 0.231 e. The number of nitrogens with zero attached hydrogens (tertiary/aromatic N) is 3. The molecule has 2 aromatic heterocycles. The molecule has 0 N–H and O–H groups in total. The van der Waals surface area contributed by atoms with Crippen LogP contribution in [0.5, 0.6) is 11.5 Å². The van der Waals surface area contributed by atoms with Gasteiger partial charge < -0.3 is 9.47 Å². The van der Waals surface area contributed by atoms with Gasteiger partial charge in [-0.2, -0.15) is 0 Å². The smallest absolute Gasteiger partial charge is 0.231 e. The summed E-state index contributed by atoms with van der Waals surface area (Å²) in [5.41, 5.74) is 0.623. The number of benzene rings is 1. The van der Waals surface area contributed by atoms with Gasteiger partial charge in [-0.15, -0.1) is 21.5 Å². The van der Waals surface area contributed by atoms with Crippen LogP contribution in [0.25, 0.3) is 10.7 Å². The molecule has 1 aliphatic heterocycles. The molecule has 0 radical (unpaired) electrons. The predicted octanol–water partition coefficient (Wildman–Crippen LogP) is 4.05. The average Bonchev–Trinajstić information content (AvgIpc) is 3.09. The molecular weight excluding hydrogens is 370 g/mol. The second-order valence-corrected chi connectivity index (χ2v) is 8.05. The van der Waals surface area contributed by atoms with Gasteiger partial charge in [0.2, 0.25) is 6.79 Å². The molecule has 132 valence electrons. The number of ether oxygens (including phenoxy) is 2. The van der Waals surface area contributed by atoms with Crippen LogP contribution in [0.3, 0.4) is 0 Å². The fourth-order valence-corrected chi connectivity index (χ4v) is 4.50. The minimum absolute atomic E-state index is 0.0383. The minimum atomic E-state index is 0.0383. The van der Waals surface area contributed by atoms with Gasteiger partial charge in [-0.25, -0.2) is 0 Å². The molecule has 1 aliphatic carbocycles. The summed E-state index contributed by atoms with van der Waals surface area (Å²) >= 11 is 3.10. The van der Waals surface area contributed by atoms with Crippen molar-refractivity contribution in [2.75, 3.05) is 12.5 Å². The summed E-state index contributed by atoms with van der Waals surface area (Å²) in [4.78, 5) is 13.7. The van der Waals surface area contributed by atoms with E-state index in [1.807, 2.05) is 11.4 Å². The zero-order valence-corrected chi connectivity index (χ0v) is 15.4. The van der Waals surface area contributed by atoms with E-state index in [1.165, 1.54) is 11.8 Å². The molecule has 3 heterocycles. The second-order valence-electron chi connectivity index (χ2n) is 6.16. The van der Waals surface area contributed by atoms with Crippen molar-refractivity contribution in [3.05, 3.63) is 41.3 Å². The van der Waals surface area contributed by atoms with Crippen molar-refractivity contribution in [2.45, 2.75) is 24.0 Å². The molecule has 0 amide bonds. The van der Waals surface area contributed by atoms with E-state index in [0.717, 1.165) is 28.7 Å². The fraction of sp³-hybridized carbons (Fsp3) is 0.278. The number of rotatable bonds is 6. The maximum absolute atomic E-state index is 12.6. The Morgan fingerprint density at radius 3 is 2.92 bits per heavy atom. The number of thiophene rings is 1. The number of hydrogen-bond donors (Lipinski definition) is 0. The van der Waals surface area contributed by atoms with Gasteiger partial charge in [0.15, 0.2) is 28.3 Å². The summed E-state index contributed by atoms with van der Waals surface area (Å²) in [5, 5.41) is 11.6. The number of Topliss-reactive ketones (excluding diaryl/α,β-unsaturated/α-hetero) is 1. The Hall–Kier alpha value is -2.32. The van der Waals surface area contributed by atoms with Crippen LogP contribution in [-0.4, -0.2) is 33.1 Å². The Kier molecular flexibility index (Phi) is 3.94. The van der Waals surface area contributed by atoms with Crippen molar-refractivity contribution in [1.29, 1.82) is 0 Å². The summed E-state index contributed by atoms with van der Waals surface area (Å²) in [6.07, 6.45) is 2.28. The highest BCUT2D eigenvalue weighted by atomic mass is 32.2. The second kappa shape index (κ2) is 6.44. The fourth-order valence-electron chi connectivity index (χ4n) is 2.89. The number of fused-ring (bicyclic) bond motifs is 1. The van der Waals surface area contributed by atoms with Crippen LogP contribution in [-0.2, 0) is 0 Å². The quantitative estimate of drug-likeness (QED) is 0.471. The lowest BCUT2D eigenvalue weighted by Gasteiger charge is -2.07. The zero-order chi connectivity index (χ0) is 17.5. The Labute approximate surface area is 158 Å². The van der Waals surface area contributed by atoms with Crippen LogP contribution in [0, 0.1) is 0 Å². The van der Waals surface area contributed by atoms with Crippen molar-refractivity contribution in [2.24, 2.45) is 0 Å². The molecule has 0 bridgehead atoms. The Balaban J connectivity index is 1.35. The third-order valence-corrected chi connectivity index (χ3v) is 6.15. The molecule has 26 heavy (non-hydrogen) atoms. The van der Waals surface area contributed by atoms with Crippen molar-refractivity contribution in [3.8, 4) is 22.2 Å². The van der Waals surface area contributed by atoms with Crippen LogP contribution in [0.4, 0.5) is 0 Å². The van der Waals surface area contributed by atoms with E-state index < -0.39 is 0 Å². The van der Waals surface area contributed by atoms with Gasteiger partial charge in [0.25, 0.3) is 0 Å². The lowest BCUT2D eigenvalue weighted by Crippen LogP contribution is -2.05. The van der Waals surface area contributed by atoms with Gasteiger partial charge in [-0.3, -0.25) is 9.36 Å². The standard InChI is InChI=1S/C18H15N3O3S2/c22-13(11-3-6-14-15(8-11)24-10-23-14)9-26-18-20-19-17(16-2-1-7-25-16)21(18)12-4-5-12/h1-3,6-8,12H,4-5,9-10H2. The number of aromatic nitrogens is 3. The van der Waals surface area contributed by atoms with Crippen LogP contribution < -0.4 is 9.47 Å². The normalized spacial score (nSPS) is 15.4. The summed E-state index contributed by atoms with van der Waals surface area (Å²) in [6, 6.07) is 9.82. The highest BCUT2D eigenvalue weighted by Gasteiger charge is 2.30. The van der Waals surface area contributed by atoms with Crippen LogP contribution in [0.2, 0.25) is 0 Å². The topological polar surface area (TPSA) is 66.2 Å². The van der Waals surface area contributed by atoms with Crippen LogP contribution in [0.1, 0.15) is 29.2 Å². The van der Waals surface area contributed by atoms with Crippen molar-refractivity contribution in [3.63, 3.8) is 0 Å². The Morgan fingerprint density at radius 2 is 2.12 bits per heavy atom. The first-order chi connectivity index (χ1) is 12.8. The predicted molar refractivity (Wildman–Crippen MR) is 99.2 cm³/mol. The van der Waals surface area contributed by atoms with Crippen LogP contribution >= 0.6 is 23.1 Å². The van der Waals surface area contributed by atoms with Gasteiger partial charge in [0.05, 0.1) is 10.6 Å². The van der Waals surface area contributed by atoms with Crippen molar-refractivity contribution < 1.29 is 14.3 Å². The highest BCUT2D eigenvalue weighted by Crippen LogP contribution is 2.42. The zero-order valence-electron chi connectivity index (χ0n) is 13.8. The highest BCUT2D eigenvalue weighted by molar-refractivity contribution is 7.99. The Morgan fingerprint density at radius 1 is 1.23 bits per heavy atom. The molecule has 0 spiro atoms. The molecule has 1 aromatic carbocycles. The molecule has 6 nitrogen and oxygen atoms in total. The number of ketones is 1. The van der Waals surface area contributed by atoms with Gasteiger partial charge in [-0.1, -0.05) is 17.8 Å². The van der Waals surface area contributed by atoms with Gasteiger partial charge in [0, 0.05) is 11.6 Å². The van der Waals surface area contributed by atoms with Crippen molar-refractivity contribution in [1.82, 2.24) is 14.8 Å². The van der Waals surface area contributed by atoms with E-state index in [-0.39, 0.29) is 12.6 Å². The lowest BCUT2D eigenvalue weighted by molar-refractivity contribution is 0.102. The third kappa shape index (κ3) is 2.89. The van der Waals surface area contributed by atoms with E-state index in [0.29, 0.717) is 28.9 Å². The summed E-state index contributed by atoms with van der Waals surface area (Å²) in [5.74, 6) is 2.57. The molecule has 8 heteroatoms. The number of carbonyl (C=O) groups excluding carboxylic acids is 1. The summed E-state index contributed by atoms with van der Waals surface area (Å²) < 4.78 is 12.8. The van der Waals surface area contributed by atoms with E-state index in [9.17, 15) is 4.79 Å². The number of thioether (sulfide) groups is 1. The monoisotopic (exact) mass is 385 g/mol. The lowest BCUT2D eigenvalue weighted by atomic mass is 10.1. The molecule has 3 aromatic rings. The molecule has 2 aliphatic rings. The molecule has 0 atom stereocenters. The van der Waals surface area contributed by atoms with Crippen molar-refractivity contribution >= 4 is 28.9 Å². The summed E-state index contributed by atoms with van der Waals surface area (Å²) in [7, 11) is 0. The molecule has 1 fully saturated rings. The van der Waals surface area contributed by atoms with Gasteiger partial charge in [-0.05, 0) is 42.5 Å². The average molecular weight is 385 g/mol. The molecule has 0 saturated heterocycles. The molecule has 1 saturated carbocycles. The Bertz CT molecular complexity index is 964. The van der Waals surface area contributed by atoms with Gasteiger partial charge >= 0.3 is 0 Å². The van der Waals surface area contributed by atoms with Crippen LogP contribution in [0.15, 0.2) is 40.9 Å². The number of carbonyl (C=O) groups is 1. The minimum Gasteiger partial charge on any atom is -0.454 e. The van der Waals surface area contributed by atoms with E-state index >= 15 is 0 Å². The third-order valence-electron chi connectivity index (χ3n) is 4.35. The van der Waals surface area contributed by atoms with E-state index in [1.54, 1.807) is 29.5 Å². The molecule has 0 unspecified atom stereocenters. The molecule has 5 rings (SSSR count). The van der Waals surface area contributed by atoms with Gasteiger partial charge in [0.1, 0.15) is 0 Å². The maximum atomic E-state index is 12.6. The van der Waals surface area contributed by atoms with E-state index in [2.05, 4.69) is 20.8 Å². The van der Waals surface area contributed by atoms with E-state index in [4.69, 9.17) is 9.47 Å².